The molecule has 1 aliphatic heterocycles. The maximum absolute atomic E-state index is 13.5. The smallest absolute Gasteiger partial charge is 0.254 e. The largest absolute Gasteiger partial charge is 0.379 e. The highest BCUT2D eigenvalue weighted by atomic mass is 16.5. The SMILES string of the molecule is Cc1cc(C)n(-c2cccc(C(=O)N3CCOCC(Cc4cncc5ccccc45)C3)c2)n1. The molecule has 168 valence electrons. The fourth-order valence-corrected chi connectivity index (χ4v) is 4.68. The molecule has 1 saturated heterocycles. The number of ether oxygens (including phenoxy) is 1. The fraction of sp³-hybridized carbons (Fsp3) is 0.296. The summed E-state index contributed by atoms with van der Waals surface area (Å²) in [6.07, 6.45) is 4.66. The number of amides is 1. The number of aromatic nitrogens is 3. The van der Waals surface area contributed by atoms with Gasteiger partial charge in [-0.3, -0.25) is 9.78 Å². The molecule has 0 radical (unpaired) electrons. The van der Waals surface area contributed by atoms with Gasteiger partial charge in [-0.1, -0.05) is 30.3 Å². The second-order valence-electron chi connectivity index (χ2n) is 8.81. The number of benzene rings is 2. The average molecular weight is 441 g/mol. The Kier molecular flexibility index (Phi) is 5.92. The number of pyridine rings is 1. The van der Waals surface area contributed by atoms with Crippen molar-refractivity contribution in [2.45, 2.75) is 20.3 Å². The summed E-state index contributed by atoms with van der Waals surface area (Å²) in [5.74, 6) is 0.244. The minimum Gasteiger partial charge on any atom is -0.379 e. The zero-order valence-corrected chi connectivity index (χ0v) is 19.1. The highest BCUT2D eigenvalue weighted by molar-refractivity contribution is 5.94. The van der Waals surface area contributed by atoms with E-state index in [1.54, 1.807) is 0 Å². The predicted molar refractivity (Wildman–Crippen MR) is 129 cm³/mol. The maximum Gasteiger partial charge on any atom is 0.254 e. The number of nitrogens with zero attached hydrogens (tertiary/aromatic N) is 4. The second kappa shape index (κ2) is 9.16. The van der Waals surface area contributed by atoms with E-state index >= 15 is 0 Å². The van der Waals surface area contributed by atoms with Gasteiger partial charge in [-0.2, -0.15) is 5.10 Å². The van der Waals surface area contributed by atoms with Gasteiger partial charge in [0.05, 0.1) is 24.6 Å². The zero-order chi connectivity index (χ0) is 22.8. The zero-order valence-electron chi connectivity index (χ0n) is 19.1. The molecule has 6 heteroatoms. The standard InChI is InChI=1S/C27H28N4O2/c1-19-12-20(2)31(29-19)25-8-5-7-22(14-25)27(32)30-10-11-33-18-21(17-30)13-24-16-28-15-23-6-3-4-9-26(23)24/h3-9,12,14-16,21H,10-11,13,17-18H2,1-2H3. The highest BCUT2D eigenvalue weighted by Gasteiger charge is 2.24. The molecule has 1 atom stereocenters. The van der Waals surface area contributed by atoms with Crippen LogP contribution < -0.4 is 0 Å². The lowest BCUT2D eigenvalue weighted by molar-refractivity contribution is 0.0737. The summed E-state index contributed by atoms with van der Waals surface area (Å²) in [6, 6.07) is 18.1. The number of rotatable bonds is 4. The van der Waals surface area contributed by atoms with Gasteiger partial charge in [-0.05, 0) is 55.5 Å². The van der Waals surface area contributed by atoms with Crippen molar-refractivity contribution in [3.8, 4) is 5.69 Å². The van der Waals surface area contributed by atoms with E-state index in [-0.39, 0.29) is 11.8 Å². The first kappa shape index (κ1) is 21.3. The van der Waals surface area contributed by atoms with Crippen LogP contribution in [0.2, 0.25) is 0 Å². The Morgan fingerprint density at radius 2 is 1.97 bits per heavy atom. The van der Waals surface area contributed by atoms with E-state index in [1.165, 1.54) is 10.9 Å². The topological polar surface area (TPSA) is 60.2 Å². The molecule has 2 aromatic carbocycles. The van der Waals surface area contributed by atoms with Gasteiger partial charge in [0.25, 0.3) is 5.91 Å². The van der Waals surface area contributed by atoms with Crippen LogP contribution in [0.5, 0.6) is 0 Å². The van der Waals surface area contributed by atoms with Crippen LogP contribution in [0.4, 0.5) is 0 Å². The first-order chi connectivity index (χ1) is 16.1. The number of fused-ring (bicyclic) bond motifs is 1. The Balaban J connectivity index is 1.36. The van der Waals surface area contributed by atoms with E-state index in [0.29, 0.717) is 31.9 Å². The van der Waals surface area contributed by atoms with Crippen molar-refractivity contribution in [3.05, 3.63) is 89.5 Å². The summed E-state index contributed by atoms with van der Waals surface area (Å²) >= 11 is 0. The van der Waals surface area contributed by atoms with Crippen LogP contribution in [0.1, 0.15) is 27.3 Å². The van der Waals surface area contributed by atoms with Gasteiger partial charge < -0.3 is 9.64 Å². The lowest BCUT2D eigenvalue weighted by Crippen LogP contribution is -2.36. The Bertz CT molecular complexity index is 1290. The van der Waals surface area contributed by atoms with Crippen LogP contribution in [-0.2, 0) is 11.2 Å². The molecule has 0 saturated carbocycles. The first-order valence-electron chi connectivity index (χ1n) is 11.4. The van der Waals surface area contributed by atoms with E-state index in [1.807, 2.05) is 72.2 Å². The average Bonchev–Trinajstić information content (AvgIpc) is 3.02. The van der Waals surface area contributed by atoms with Gasteiger partial charge in [0, 0.05) is 48.0 Å². The summed E-state index contributed by atoms with van der Waals surface area (Å²) in [5, 5.41) is 6.91. The third-order valence-corrected chi connectivity index (χ3v) is 6.23. The van der Waals surface area contributed by atoms with Crippen molar-refractivity contribution in [2.24, 2.45) is 5.92 Å². The Morgan fingerprint density at radius 1 is 1.09 bits per heavy atom. The molecule has 5 rings (SSSR count). The summed E-state index contributed by atoms with van der Waals surface area (Å²) in [7, 11) is 0. The molecular formula is C27H28N4O2. The van der Waals surface area contributed by atoms with E-state index in [0.717, 1.165) is 28.9 Å². The molecule has 1 unspecified atom stereocenters. The Morgan fingerprint density at radius 3 is 2.82 bits per heavy atom. The lowest BCUT2D eigenvalue weighted by Gasteiger charge is -2.24. The van der Waals surface area contributed by atoms with Gasteiger partial charge in [-0.15, -0.1) is 0 Å². The fourth-order valence-electron chi connectivity index (χ4n) is 4.68. The number of aryl methyl sites for hydroxylation is 2. The van der Waals surface area contributed by atoms with Crippen LogP contribution in [0.25, 0.3) is 16.5 Å². The molecule has 3 heterocycles. The lowest BCUT2D eigenvalue weighted by atomic mass is 9.96. The molecule has 0 bridgehead atoms. The van der Waals surface area contributed by atoms with E-state index in [2.05, 4.69) is 28.3 Å². The van der Waals surface area contributed by atoms with Crippen molar-refractivity contribution in [3.63, 3.8) is 0 Å². The van der Waals surface area contributed by atoms with Crippen molar-refractivity contribution >= 4 is 16.7 Å². The third kappa shape index (κ3) is 4.52. The molecule has 1 aliphatic rings. The normalized spacial score (nSPS) is 16.7. The van der Waals surface area contributed by atoms with Crippen LogP contribution >= 0.6 is 0 Å². The molecule has 0 aliphatic carbocycles. The number of hydrogen-bond donors (Lipinski definition) is 0. The highest BCUT2D eigenvalue weighted by Crippen LogP contribution is 2.23. The Labute approximate surface area is 193 Å². The van der Waals surface area contributed by atoms with Crippen molar-refractivity contribution < 1.29 is 9.53 Å². The summed E-state index contributed by atoms with van der Waals surface area (Å²) in [5.41, 5.74) is 4.77. The second-order valence-corrected chi connectivity index (χ2v) is 8.81. The maximum atomic E-state index is 13.5. The molecule has 4 aromatic rings. The molecule has 2 aromatic heterocycles. The van der Waals surface area contributed by atoms with Crippen LogP contribution in [0.3, 0.4) is 0 Å². The van der Waals surface area contributed by atoms with E-state index in [9.17, 15) is 4.79 Å². The number of carbonyl (C=O) groups excluding carboxylic acids is 1. The first-order valence-corrected chi connectivity index (χ1v) is 11.4. The van der Waals surface area contributed by atoms with Gasteiger partial charge in [-0.25, -0.2) is 4.68 Å². The molecule has 6 nitrogen and oxygen atoms in total. The van der Waals surface area contributed by atoms with E-state index in [4.69, 9.17) is 4.74 Å². The minimum atomic E-state index is 0.0323. The van der Waals surface area contributed by atoms with Gasteiger partial charge in [0.1, 0.15) is 0 Å². The van der Waals surface area contributed by atoms with Crippen molar-refractivity contribution in [2.75, 3.05) is 26.3 Å². The van der Waals surface area contributed by atoms with Crippen LogP contribution in [0.15, 0.2) is 67.0 Å². The van der Waals surface area contributed by atoms with Crippen LogP contribution in [0, 0.1) is 19.8 Å². The van der Waals surface area contributed by atoms with Gasteiger partial charge in [0.15, 0.2) is 0 Å². The third-order valence-electron chi connectivity index (χ3n) is 6.23. The molecule has 0 N–H and O–H groups in total. The number of carbonyl (C=O) groups is 1. The molecule has 33 heavy (non-hydrogen) atoms. The predicted octanol–water partition coefficient (Wildman–Crippen LogP) is 4.37. The summed E-state index contributed by atoms with van der Waals surface area (Å²) in [6.45, 7) is 6.43. The summed E-state index contributed by atoms with van der Waals surface area (Å²) in [4.78, 5) is 19.8. The number of hydrogen-bond acceptors (Lipinski definition) is 4. The van der Waals surface area contributed by atoms with Crippen molar-refractivity contribution in [1.29, 1.82) is 0 Å². The monoisotopic (exact) mass is 440 g/mol. The molecule has 1 fully saturated rings. The quantitative estimate of drug-likeness (QED) is 0.473. The van der Waals surface area contributed by atoms with Gasteiger partial charge >= 0.3 is 0 Å². The molecule has 1 amide bonds. The van der Waals surface area contributed by atoms with Crippen LogP contribution in [-0.4, -0.2) is 51.9 Å². The minimum absolute atomic E-state index is 0.0323. The molecular weight excluding hydrogens is 412 g/mol. The van der Waals surface area contributed by atoms with Crippen molar-refractivity contribution in [1.82, 2.24) is 19.7 Å². The summed E-state index contributed by atoms with van der Waals surface area (Å²) < 4.78 is 7.77. The molecule has 0 spiro atoms. The Hall–Kier alpha value is -3.51. The van der Waals surface area contributed by atoms with Gasteiger partial charge in [0.2, 0.25) is 0 Å². The van der Waals surface area contributed by atoms with E-state index < -0.39 is 0 Å².